The second-order valence-corrected chi connectivity index (χ2v) is 9.03. The topological polar surface area (TPSA) is 126 Å². The van der Waals surface area contributed by atoms with Gasteiger partial charge in [0.2, 0.25) is 0 Å². The van der Waals surface area contributed by atoms with E-state index < -0.39 is 10.8 Å². The second kappa shape index (κ2) is 12.1. The minimum absolute atomic E-state index is 0.111. The molecule has 0 aromatic heterocycles. The predicted molar refractivity (Wildman–Crippen MR) is 145 cm³/mol. The van der Waals surface area contributed by atoms with Crippen LogP contribution in [0, 0.1) is 17.0 Å². The van der Waals surface area contributed by atoms with Crippen molar-refractivity contribution >= 4 is 40.8 Å². The van der Waals surface area contributed by atoms with Crippen LogP contribution in [0.3, 0.4) is 0 Å². The molecule has 0 bridgehead atoms. The lowest BCUT2D eigenvalue weighted by atomic mass is 10.0. The van der Waals surface area contributed by atoms with Crippen molar-refractivity contribution in [2.45, 2.75) is 33.6 Å². The van der Waals surface area contributed by atoms with E-state index in [2.05, 4.69) is 15.5 Å². The number of hydrogen-bond acceptors (Lipinski definition) is 7. The maximum atomic E-state index is 12.3. The number of amides is 1. The highest BCUT2D eigenvalue weighted by Gasteiger charge is 2.13. The van der Waals surface area contributed by atoms with Gasteiger partial charge in [0.25, 0.3) is 11.6 Å². The summed E-state index contributed by atoms with van der Waals surface area (Å²) >= 11 is 6.22. The molecule has 0 fully saturated rings. The fourth-order valence-corrected chi connectivity index (χ4v) is 3.50. The van der Waals surface area contributed by atoms with Crippen LogP contribution in [0.15, 0.2) is 64.7 Å². The van der Waals surface area contributed by atoms with Gasteiger partial charge >= 0.3 is 0 Å². The maximum absolute atomic E-state index is 12.3. The zero-order chi connectivity index (χ0) is 27.1. The summed E-state index contributed by atoms with van der Waals surface area (Å²) < 4.78 is 5.73. The minimum Gasteiger partial charge on any atom is -0.507 e. The molecule has 0 heterocycles. The first-order valence-corrected chi connectivity index (χ1v) is 11.8. The van der Waals surface area contributed by atoms with Gasteiger partial charge in [-0.1, -0.05) is 37.6 Å². The van der Waals surface area contributed by atoms with Crippen molar-refractivity contribution in [3.63, 3.8) is 0 Å². The summed E-state index contributed by atoms with van der Waals surface area (Å²) in [6, 6.07) is 14.4. The zero-order valence-corrected chi connectivity index (χ0v) is 21.6. The van der Waals surface area contributed by atoms with Crippen LogP contribution in [0.25, 0.3) is 0 Å². The number of hydrazone groups is 1. The predicted octanol–water partition coefficient (Wildman–Crippen LogP) is 6.06. The molecule has 0 radical (unpaired) electrons. The Morgan fingerprint density at radius 3 is 2.54 bits per heavy atom. The van der Waals surface area contributed by atoms with E-state index in [0.717, 1.165) is 16.7 Å². The molecular formula is C27H27ClN4O5. The number of phenols is 1. The normalized spacial score (nSPS) is 11.7. The number of hydrogen-bond donors (Lipinski definition) is 2. The number of aliphatic imine (C=N–C) groups is 1. The molecule has 192 valence electrons. The minimum atomic E-state index is -0.542. The van der Waals surface area contributed by atoms with E-state index in [9.17, 15) is 20.0 Å². The SMILES string of the molecule is CC(=NNC(=O)COc1cc(C)c(Cl)cc1C(C)C)c1ccc(N=Cc2cc([N+](=O)[O-])ccc2O)cc1. The first-order valence-electron chi connectivity index (χ1n) is 11.4. The van der Waals surface area contributed by atoms with Crippen molar-refractivity contribution in [3.8, 4) is 11.5 Å². The molecule has 0 aliphatic heterocycles. The van der Waals surface area contributed by atoms with E-state index in [-0.39, 0.29) is 29.5 Å². The molecule has 0 aliphatic carbocycles. The summed E-state index contributed by atoms with van der Waals surface area (Å²) in [5.74, 6) is 0.280. The van der Waals surface area contributed by atoms with Crippen LogP contribution in [0.5, 0.6) is 11.5 Å². The fourth-order valence-electron chi connectivity index (χ4n) is 3.32. The quantitative estimate of drug-likeness (QED) is 0.201. The van der Waals surface area contributed by atoms with Gasteiger partial charge in [0.15, 0.2) is 6.61 Å². The van der Waals surface area contributed by atoms with Crippen LogP contribution in [-0.2, 0) is 4.79 Å². The lowest BCUT2D eigenvalue weighted by Crippen LogP contribution is -2.26. The number of phenolic OH excluding ortho intramolecular Hbond substituents is 1. The molecule has 1 amide bonds. The number of non-ortho nitro benzene ring substituents is 1. The number of aryl methyl sites for hydroxylation is 1. The van der Waals surface area contributed by atoms with E-state index in [1.54, 1.807) is 31.2 Å². The van der Waals surface area contributed by atoms with E-state index in [1.807, 2.05) is 32.9 Å². The summed E-state index contributed by atoms with van der Waals surface area (Å²) in [5, 5.41) is 25.6. The van der Waals surface area contributed by atoms with Gasteiger partial charge in [0.1, 0.15) is 11.5 Å². The smallest absolute Gasteiger partial charge is 0.277 e. The average Bonchev–Trinajstić information content (AvgIpc) is 2.87. The van der Waals surface area contributed by atoms with Gasteiger partial charge in [-0.05, 0) is 66.8 Å². The molecule has 0 aliphatic rings. The number of halogens is 1. The third-order valence-electron chi connectivity index (χ3n) is 5.48. The molecule has 0 atom stereocenters. The Morgan fingerprint density at radius 2 is 1.89 bits per heavy atom. The molecule has 9 nitrogen and oxygen atoms in total. The molecule has 0 unspecified atom stereocenters. The van der Waals surface area contributed by atoms with Crippen molar-refractivity contribution in [2.75, 3.05) is 6.61 Å². The monoisotopic (exact) mass is 522 g/mol. The van der Waals surface area contributed by atoms with Crippen molar-refractivity contribution in [2.24, 2.45) is 10.1 Å². The number of benzene rings is 3. The highest BCUT2D eigenvalue weighted by Crippen LogP contribution is 2.32. The number of nitrogens with zero attached hydrogens (tertiary/aromatic N) is 3. The average molecular weight is 523 g/mol. The molecule has 3 rings (SSSR count). The third kappa shape index (κ3) is 7.37. The number of ether oxygens (including phenoxy) is 1. The number of carbonyl (C=O) groups is 1. The lowest BCUT2D eigenvalue weighted by molar-refractivity contribution is -0.384. The molecule has 37 heavy (non-hydrogen) atoms. The summed E-state index contributed by atoms with van der Waals surface area (Å²) in [4.78, 5) is 26.9. The number of nitro groups is 1. The van der Waals surface area contributed by atoms with Crippen LogP contribution >= 0.6 is 11.6 Å². The summed E-state index contributed by atoms with van der Waals surface area (Å²) in [6.07, 6.45) is 1.35. The standard InChI is InChI=1S/C27H27ClN4O5/c1-16(2)23-13-24(28)17(3)11-26(23)37-15-27(34)31-30-18(4)19-5-7-21(8-6-19)29-14-20-12-22(32(35)36)9-10-25(20)33/h5-14,16,33H,15H2,1-4H3,(H,31,34). The Labute approximate surface area is 219 Å². The molecule has 10 heteroatoms. The Kier molecular flexibility index (Phi) is 8.97. The van der Waals surface area contributed by atoms with Gasteiger partial charge in [0.05, 0.1) is 16.3 Å². The van der Waals surface area contributed by atoms with E-state index in [4.69, 9.17) is 16.3 Å². The number of nitrogens with one attached hydrogen (secondary N) is 1. The zero-order valence-electron chi connectivity index (χ0n) is 20.9. The van der Waals surface area contributed by atoms with Crippen LogP contribution in [-0.4, -0.2) is 34.5 Å². The van der Waals surface area contributed by atoms with Crippen molar-refractivity contribution < 1.29 is 19.6 Å². The van der Waals surface area contributed by atoms with Gasteiger partial charge in [-0.25, -0.2) is 5.43 Å². The number of rotatable bonds is 9. The van der Waals surface area contributed by atoms with Gasteiger partial charge < -0.3 is 9.84 Å². The first-order chi connectivity index (χ1) is 17.5. The Bertz CT molecular complexity index is 1370. The highest BCUT2D eigenvalue weighted by molar-refractivity contribution is 6.31. The number of carbonyl (C=O) groups excluding carboxylic acids is 1. The first kappa shape index (κ1) is 27.3. The van der Waals surface area contributed by atoms with Crippen LogP contribution in [0.4, 0.5) is 11.4 Å². The second-order valence-electron chi connectivity index (χ2n) is 8.62. The number of aromatic hydroxyl groups is 1. The Balaban J connectivity index is 1.61. The van der Waals surface area contributed by atoms with Crippen LogP contribution < -0.4 is 10.2 Å². The van der Waals surface area contributed by atoms with Gasteiger partial charge in [0, 0.05) is 28.9 Å². The van der Waals surface area contributed by atoms with Gasteiger partial charge in [-0.15, -0.1) is 0 Å². The molecule has 0 saturated heterocycles. The highest BCUT2D eigenvalue weighted by atomic mass is 35.5. The molecule has 3 aromatic rings. The van der Waals surface area contributed by atoms with E-state index in [0.29, 0.717) is 22.2 Å². The van der Waals surface area contributed by atoms with Crippen molar-refractivity contribution in [1.82, 2.24) is 5.43 Å². The maximum Gasteiger partial charge on any atom is 0.277 e. The van der Waals surface area contributed by atoms with Gasteiger partial charge in [-0.3, -0.25) is 19.9 Å². The van der Waals surface area contributed by atoms with Crippen LogP contribution in [0.2, 0.25) is 5.02 Å². The molecule has 3 aromatic carbocycles. The third-order valence-corrected chi connectivity index (χ3v) is 5.89. The van der Waals surface area contributed by atoms with Gasteiger partial charge in [-0.2, -0.15) is 5.10 Å². The molecule has 0 saturated carbocycles. The largest absolute Gasteiger partial charge is 0.507 e. The summed E-state index contributed by atoms with van der Waals surface area (Å²) in [6.45, 7) is 7.47. The molecular weight excluding hydrogens is 496 g/mol. The lowest BCUT2D eigenvalue weighted by Gasteiger charge is -2.15. The summed E-state index contributed by atoms with van der Waals surface area (Å²) in [5.41, 5.74) is 6.27. The Morgan fingerprint density at radius 1 is 1.19 bits per heavy atom. The molecule has 0 spiro atoms. The van der Waals surface area contributed by atoms with Crippen molar-refractivity contribution in [1.29, 1.82) is 0 Å². The van der Waals surface area contributed by atoms with E-state index >= 15 is 0 Å². The van der Waals surface area contributed by atoms with Crippen molar-refractivity contribution in [3.05, 3.63) is 92.0 Å². The fraction of sp³-hybridized carbons (Fsp3) is 0.222. The summed E-state index contributed by atoms with van der Waals surface area (Å²) in [7, 11) is 0. The molecule has 2 N–H and O–H groups in total. The van der Waals surface area contributed by atoms with E-state index in [1.165, 1.54) is 24.4 Å². The number of nitro benzene ring substituents is 1. The Hall–Kier alpha value is -4.24. The van der Waals surface area contributed by atoms with Crippen LogP contribution in [0.1, 0.15) is 48.9 Å².